The zero-order valence-corrected chi connectivity index (χ0v) is 21.1. The summed E-state index contributed by atoms with van der Waals surface area (Å²) in [5.74, 6) is -0.764. The number of ether oxygens (including phenoxy) is 2. The first-order chi connectivity index (χ1) is 16.1. The summed E-state index contributed by atoms with van der Waals surface area (Å²) in [6.07, 6.45) is 4.07. The van der Waals surface area contributed by atoms with E-state index >= 15 is 0 Å². The Morgan fingerprint density at radius 2 is 1.41 bits per heavy atom. The number of Topliss-reactive ketones (excluding diaryl/α,β-unsaturated/α-hetero) is 1. The Morgan fingerprint density at radius 1 is 0.824 bits per heavy atom. The van der Waals surface area contributed by atoms with E-state index in [2.05, 4.69) is 46.8 Å². The van der Waals surface area contributed by atoms with Crippen LogP contribution in [0.4, 0.5) is 0 Å². The average molecular weight is 461 g/mol. The third-order valence-electron chi connectivity index (χ3n) is 8.18. The molecule has 2 aromatic rings. The zero-order chi connectivity index (χ0) is 24.3. The number of fused-ring (bicyclic) bond motifs is 1. The minimum atomic E-state index is -0.970. The van der Waals surface area contributed by atoms with Crippen molar-refractivity contribution in [3.05, 3.63) is 75.5 Å². The minimum Gasteiger partial charge on any atom is -0.512 e. The van der Waals surface area contributed by atoms with Crippen LogP contribution in [0.5, 0.6) is 0 Å². The van der Waals surface area contributed by atoms with Crippen LogP contribution in [0.25, 0.3) is 5.57 Å². The number of rotatable bonds is 3. The van der Waals surface area contributed by atoms with Gasteiger partial charge >= 0.3 is 0 Å². The van der Waals surface area contributed by atoms with Gasteiger partial charge in [-0.25, -0.2) is 0 Å². The van der Waals surface area contributed by atoms with Gasteiger partial charge in [0.1, 0.15) is 5.76 Å². The van der Waals surface area contributed by atoms with Gasteiger partial charge in [-0.1, -0.05) is 58.0 Å². The Morgan fingerprint density at radius 3 is 2.00 bits per heavy atom. The molecule has 0 radical (unpaired) electrons. The summed E-state index contributed by atoms with van der Waals surface area (Å²) in [7, 11) is 0. The van der Waals surface area contributed by atoms with Crippen molar-refractivity contribution in [2.75, 3.05) is 13.2 Å². The summed E-state index contributed by atoms with van der Waals surface area (Å²) < 4.78 is 12.8. The predicted molar refractivity (Wildman–Crippen MR) is 134 cm³/mol. The van der Waals surface area contributed by atoms with Crippen LogP contribution in [0, 0.1) is 6.92 Å². The molecule has 1 aliphatic heterocycles. The molecule has 0 bridgehead atoms. The van der Waals surface area contributed by atoms with Crippen LogP contribution in [0.1, 0.15) is 93.2 Å². The lowest BCUT2D eigenvalue weighted by Crippen LogP contribution is -2.36. The molecule has 180 valence electrons. The molecule has 4 nitrogen and oxygen atoms in total. The average Bonchev–Trinajstić information content (AvgIpc) is 3.28. The molecule has 4 heteroatoms. The molecule has 0 spiro atoms. The molecule has 1 fully saturated rings. The Hall–Kier alpha value is -2.43. The third-order valence-corrected chi connectivity index (χ3v) is 8.18. The summed E-state index contributed by atoms with van der Waals surface area (Å²) in [5.41, 5.74) is 7.36. The number of benzene rings is 2. The highest BCUT2D eigenvalue weighted by Gasteiger charge is 2.45. The second kappa shape index (κ2) is 8.07. The molecule has 0 unspecified atom stereocenters. The number of carbonyl (C=O) groups is 1. The van der Waals surface area contributed by atoms with E-state index in [1.807, 2.05) is 24.3 Å². The van der Waals surface area contributed by atoms with Crippen molar-refractivity contribution in [3.8, 4) is 0 Å². The SMILES string of the molecule is Cc1cc2c(cc1C1(c3ccc(C4=C(O)CCCC4=O)cc3)OCCO1)C(C)(C)CCC2(C)C. The summed E-state index contributed by atoms with van der Waals surface area (Å²) in [6, 6.07) is 12.5. The standard InChI is InChI=1S/C30H36O4/c1-19-17-23-24(29(4,5)14-13-28(23,2)3)18-22(19)30(33-15-16-34-30)21-11-9-20(10-12-21)27-25(31)7-6-8-26(27)32/h9-12,17-18,31H,6-8,13-16H2,1-5H3. The number of carbonyl (C=O) groups excluding carboxylic acids is 1. The maximum atomic E-state index is 12.5. The van der Waals surface area contributed by atoms with Crippen molar-refractivity contribution >= 4 is 11.4 Å². The van der Waals surface area contributed by atoms with Crippen molar-refractivity contribution < 1.29 is 19.4 Å². The minimum absolute atomic E-state index is 0.00922. The molecule has 5 rings (SSSR count). The topological polar surface area (TPSA) is 55.8 Å². The van der Waals surface area contributed by atoms with E-state index in [4.69, 9.17) is 9.47 Å². The summed E-state index contributed by atoms with van der Waals surface area (Å²) >= 11 is 0. The number of aliphatic hydroxyl groups is 1. The van der Waals surface area contributed by atoms with Crippen molar-refractivity contribution in [2.24, 2.45) is 0 Å². The highest BCUT2D eigenvalue weighted by molar-refractivity contribution is 6.21. The van der Waals surface area contributed by atoms with Gasteiger partial charge in [-0.3, -0.25) is 4.79 Å². The van der Waals surface area contributed by atoms with Crippen molar-refractivity contribution in [1.82, 2.24) is 0 Å². The van der Waals surface area contributed by atoms with Crippen LogP contribution in [-0.2, 0) is 30.9 Å². The Labute approximate surface area is 203 Å². The van der Waals surface area contributed by atoms with E-state index in [1.165, 1.54) is 23.1 Å². The molecule has 0 aromatic heterocycles. The van der Waals surface area contributed by atoms with Gasteiger partial charge in [-0.2, -0.15) is 0 Å². The first kappa shape index (κ1) is 23.3. The maximum Gasteiger partial charge on any atom is 0.222 e. The number of hydrogen-bond donors (Lipinski definition) is 1. The second-order valence-electron chi connectivity index (χ2n) is 11.5. The molecule has 3 aliphatic rings. The van der Waals surface area contributed by atoms with Gasteiger partial charge in [0.15, 0.2) is 5.78 Å². The maximum absolute atomic E-state index is 12.5. The highest BCUT2D eigenvalue weighted by atomic mass is 16.7. The quantitative estimate of drug-likeness (QED) is 0.560. The fraction of sp³-hybridized carbons (Fsp3) is 0.500. The fourth-order valence-corrected chi connectivity index (χ4v) is 5.98. The molecule has 34 heavy (non-hydrogen) atoms. The van der Waals surface area contributed by atoms with E-state index < -0.39 is 5.79 Å². The smallest absolute Gasteiger partial charge is 0.222 e. The lowest BCUT2D eigenvalue weighted by atomic mass is 9.62. The number of allylic oxidation sites excluding steroid dienone is 2. The fourth-order valence-electron chi connectivity index (χ4n) is 5.98. The molecule has 0 atom stereocenters. The van der Waals surface area contributed by atoms with E-state index in [0.29, 0.717) is 38.0 Å². The van der Waals surface area contributed by atoms with Crippen LogP contribution >= 0.6 is 0 Å². The lowest BCUT2D eigenvalue weighted by molar-refractivity contribution is -0.130. The van der Waals surface area contributed by atoms with Crippen LogP contribution in [-0.4, -0.2) is 24.1 Å². The largest absolute Gasteiger partial charge is 0.512 e. The molecule has 1 heterocycles. The zero-order valence-electron chi connectivity index (χ0n) is 21.1. The van der Waals surface area contributed by atoms with Crippen molar-refractivity contribution in [3.63, 3.8) is 0 Å². The molecular weight excluding hydrogens is 424 g/mol. The molecule has 0 amide bonds. The van der Waals surface area contributed by atoms with Crippen LogP contribution in [0.15, 0.2) is 42.2 Å². The van der Waals surface area contributed by atoms with Crippen LogP contribution < -0.4 is 0 Å². The van der Waals surface area contributed by atoms with Crippen LogP contribution in [0.3, 0.4) is 0 Å². The Balaban J connectivity index is 1.62. The van der Waals surface area contributed by atoms with E-state index in [0.717, 1.165) is 23.1 Å². The molecule has 1 saturated heterocycles. The van der Waals surface area contributed by atoms with Gasteiger partial charge in [0.2, 0.25) is 5.79 Å². The first-order valence-electron chi connectivity index (χ1n) is 12.6. The Kier molecular flexibility index (Phi) is 5.53. The molecule has 2 aliphatic carbocycles. The van der Waals surface area contributed by atoms with Crippen molar-refractivity contribution in [2.45, 2.75) is 83.3 Å². The van der Waals surface area contributed by atoms with Gasteiger partial charge in [0, 0.05) is 24.0 Å². The second-order valence-corrected chi connectivity index (χ2v) is 11.5. The highest BCUT2D eigenvalue weighted by Crippen LogP contribution is 2.49. The number of aryl methyl sites for hydroxylation is 1. The summed E-state index contributed by atoms with van der Waals surface area (Å²) in [5, 5.41) is 10.4. The van der Waals surface area contributed by atoms with Gasteiger partial charge < -0.3 is 14.6 Å². The van der Waals surface area contributed by atoms with E-state index in [1.54, 1.807) is 0 Å². The Bertz CT molecular complexity index is 1160. The lowest BCUT2D eigenvalue weighted by Gasteiger charge is -2.43. The molecular formula is C30H36O4. The van der Waals surface area contributed by atoms with Crippen molar-refractivity contribution in [1.29, 1.82) is 0 Å². The molecule has 1 N–H and O–H groups in total. The molecule has 0 saturated carbocycles. The molecule has 2 aromatic carbocycles. The van der Waals surface area contributed by atoms with Gasteiger partial charge in [0.05, 0.1) is 18.8 Å². The van der Waals surface area contributed by atoms with Gasteiger partial charge in [-0.15, -0.1) is 0 Å². The van der Waals surface area contributed by atoms with Crippen LogP contribution in [0.2, 0.25) is 0 Å². The third kappa shape index (κ3) is 3.63. The van der Waals surface area contributed by atoms with Gasteiger partial charge in [-0.05, 0) is 65.3 Å². The summed E-state index contributed by atoms with van der Waals surface area (Å²) in [4.78, 5) is 12.5. The first-order valence-corrected chi connectivity index (χ1v) is 12.6. The summed E-state index contributed by atoms with van der Waals surface area (Å²) in [6.45, 7) is 12.5. The predicted octanol–water partition coefficient (Wildman–Crippen LogP) is 6.61. The van der Waals surface area contributed by atoms with E-state index in [9.17, 15) is 9.90 Å². The normalized spacial score (nSPS) is 23.1. The monoisotopic (exact) mass is 460 g/mol. The number of aliphatic hydroxyl groups excluding tert-OH is 1. The number of ketones is 1. The van der Waals surface area contributed by atoms with Gasteiger partial charge in [0.25, 0.3) is 0 Å². The van der Waals surface area contributed by atoms with E-state index in [-0.39, 0.29) is 22.4 Å². The number of hydrogen-bond acceptors (Lipinski definition) is 4.